The molecule has 0 heterocycles. The molecule has 2 nitrogen and oxygen atoms in total. The lowest BCUT2D eigenvalue weighted by atomic mass is 10.1. The van der Waals surface area contributed by atoms with Gasteiger partial charge in [-0.15, -0.1) is 0 Å². The van der Waals surface area contributed by atoms with E-state index in [9.17, 15) is 0 Å². The van der Waals surface area contributed by atoms with Gasteiger partial charge in [-0.3, -0.25) is 0 Å². The van der Waals surface area contributed by atoms with E-state index in [1.165, 1.54) is 0 Å². The summed E-state index contributed by atoms with van der Waals surface area (Å²) in [4.78, 5) is 0.406. The van der Waals surface area contributed by atoms with Crippen LogP contribution in [0.5, 0.6) is 11.5 Å². The summed E-state index contributed by atoms with van der Waals surface area (Å²) in [5.41, 5.74) is 8.67. The quantitative estimate of drug-likeness (QED) is 0.839. The second-order valence-corrected chi connectivity index (χ2v) is 5.65. The lowest BCUT2D eigenvalue weighted by Crippen LogP contribution is -2.10. The van der Waals surface area contributed by atoms with Gasteiger partial charge in [-0.25, -0.2) is 0 Å². The molecule has 0 amide bonds. The highest BCUT2D eigenvalue weighted by Crippen LogP contribution is 2.27. The Morgan fingerprint density at radius 3 is 2.16 bits per heavy atom. The van der Waals surface area contributed by atoms with E-state index in [1.807, 2.05) is 50.2 Å². The minimum Gasteiger partial charge on any atom is -0.457 e. The number of rotatable bonds is 3. The first kappa shape index (κ1) is 14.0. The Bertz CT molecular complexity index is 640. The molecule has 0 saturated carbocycles. The predicted molar refractivity (Wildman–Crippen MR) is 86.0 cm³/mol. The monoisotopic (exact) mass is 335 g/mol. The first-order valence-electron chi connectivity index (χ1n) is 5.82. The molecule has 2 N–H and O–H groups in total. The van der Waals surface area contributed by atoms with Crippen LogP contribution in [0.15, 0.2) is 40.9 Å². The molecular weight excluding hydrogens is 322 g/mol. The Kier molecular flexibility index (Phi) is 4.22. The van der Waals surface area contributed by atoms with Gasteiger partial charge in [0, 0.05) is 10.0 Å². The predicted octanol–water partition coefficient (Wildman–Crippen LogP) is 4.49. The van der Waals surface area contributed by atoms with Crippen LogP contribution >= 0.6 is 28.1 Å². The van der Waals surface area contributed by atoms with Crippen molar-refractivity contribution < 1.29 is 4.74 Å². The summed E-state index contributed by atoms with van der Waals surface area (Å²) in [7, 11) is 0. The maximum absolute atomic E-state index is 5.82. The van der Waals surface area contributed by atoms with Crippen LogP contribution in [0.2, 0.25) is 0 Å². The molecule has 0 aliphatic carbocycles. The Hall–Kier alpha value is -1.39. The molecule has 0 saturated heterocycles. The fourth-order valence-corrected chi connectivity index (χ4v) is 2.27. The second kappa shape index (κ2) is 5.72. The van der Waals surface area contributed by atoms with Crippen LogP contribution in [0.4, 0.5) is 0 Å². The van der Waals surface area contributed by atoms with Gasteiger partial charge in [0.2, 0.25) is 0 Å². The molecule has 0 aliphatic heterocycles. The highest BCUT2D eigenvalue weighted by Gasteiger charge is 2.05. The van der Waals surface area contributed by atoms with Crippen LogP contribution in [0.3, 0.4) is 0 Å². The van der Waals surface area contributed by atoms with Crippen LogP contribution in [-0.2, 0) is 0 Å². The van der Waals surface area contributed by atoms with Crippen molar-refractivity contribution in [2.24, 2.45) is 5.73 Å². The molecule has 0 bridgehead atoms. The Morgan fingerprint density at radius 1 is 1.05 bits per heavy atom. The van der Waals surface area contributed by atoms with Crippen LogP contribution in [0, 0.1) is 13.8 Å². The molecule has 98 valence electrons. The molecule has 0 atom stereocenters. The van der Waals surface area contributed by atoms with Gasteiger partial charge >= 0.3 is 0 Å². The third kappa shape index (κ3) is 3.33. The number of halogens is 1. The van der Waals surface area contributed by atoms with Gasteiger partial charge in [0.05, 0.1) is 0 Å². The van der Waals surface area contributed by atoms with Gasteiger partial charge in [0.1, 0.15) is 16.5 Å². The fourth-order valence-electron chi connectivity index (χ4n) is 1.79. The number of nitrogens with two attached hydrogens (primary N) is 1. The molecule has 0 fully saturated rings. The Morgan fingerprint density at radius 2 is 1.63 bits per heavy atom. The van der Waals surface area contributed by atoms with Crippen molar-refractivity contribution in [1.29, 1.82) is 0 Å². The third-order valence-electron chi connectivity index (χ3n) is 2.83. The SMILES string of the molecule is Cc1cc(Oc2ccc(C(N)=S)c(C)c2)ccc1Br. The van der Waals surface area contributed by atoms with Crippen LogP contribution < -0.4 is 10.5 Å². The van der Waals surface area contributed by atoms with Crippen molar-refractivity contribution >= 4 is 33.1 Å². The summed E-state index contributed by atoms with van der Waals surface area (Å²) in [6.45, 7) is 3.99. The van der Waals surface area contributed by atoms with E-state index in [0.717, 1.165) is 32.7 Å². The Labute approximate surface area is 126 Å². The zero-order chi connectivity index (χ0) is 14.0. The third-order valence-corrected chi connectivity index (χ3v) is 3.94. The molecule has 2 rings (SSSR count). The van der Waals surface area contributed by atoms with Crippen molar-refractivity contribution in [3.05, 3.63) is 57.6 Å². The van der Waals surface area contributed by atoms with E-state index < -0.39 is 0 Å². The molecular formula is C15H14BrNOS. The summed E-state index contributed by atoms with van der Waals surface area (Å²) in [6, 6.07) is 11.6. The van der Waals surface area contributed by atoms with Crippen molar-refractivity contribution in [3.63, 3.8) is 0 Å². The first-order valence-corrected chi connectivity index (χ1v) is 7.02. The average Bonchev–Trinajstić information content (AvgIpc) is 2.33. The molecule has 0 aliphatic rings. The van der Waals surface area contributed by atoms with E-state index >= 15 is 0 Å². The van der Waals surface area contributed by atoms with E-state index in [1.54, 1.807) is 0 Å². The number of hydrogen-bond donors (Lipinski definition) is 1. The van der Waals surface area contributed by atoms with Gasteiger partial charge in [-0.2, -0.15) is 0 Å². The number of thiocarbonyl (C=S) groups is 1. The van der Waals surface area contributed by atoms with E-state index in [-0.39, 0.29) is 0 Å². The van der Waals surface area contributed by atoms with E-state index in [0.29, 0.717) is 4.99 Å². The fraction of sp³-hybridized carbons (Fsp3) is 0.133. The van der Waals surface area contributed by atoms with E-state index in [2.05, 4.69) is 15.9 Å². The van der Waals surface area contributed by atoms with Gasteiger partial charge in [0.15, 0.2) is 0 Å². The molecule has 0 spiro atoms. The first-order chi connectivity index (χ1) is 8.97. The summed E-state index contributed by atoms with van der Waals surface area (Å²) in [5.74, 6) is 1.59. The molecule has 0 radical (unpaired) electrons. The Balaban J connectivity index is 2.26. The number of aryl methyl sites for hydroxylation is 2. The maximum Gasteiger partial charge on any atom is 0.127 e. The van der Waals surface area contributed by atoms with Crippen molar-refractivity contribution in [3.8, 4) is 11.5 Å². The minimum atomic E-state index is 0.406. The van der Waals surface area contributed by atoms with Gasteiger partial charge in [0.25, 0.3) is 0 Å². The standard InChI is InChI=1S/C15H14BrNOS/c1-9-7-11(3-5-13(9)15(17)19)18-12-4-6-14(16)10(2)8-12/h3-8H,1-2H3,(H2,17,19). The maximum atomic E-state index is 5.82. The molecule has 19 heavy (non-hydrogen) atoms. The number of hydrogen-bond acceptors (Lipinski definition) is 2. The average molecular weight is 336 g/mol. The van der Waals surface area contributed by atoms with Crippen LogP contribution in [-0.4, -0.2) is 4.99 Å². The lowest BCUT2D eigenvalue weighted by molar-refractivity contribution is 0.481. The van der Waals surface area contributed by atoms with Gasteiger partial charge in [-0.05, 0) is 61.4 Å². The molecule has 2 aromatic rings. The van der Waals surface area contributed by atoms with E-state index in [4.69, 9.17) is 22.7 Å². The van der Waals surface area contributed by atoms with Crippen molar-refractivity contribution in [2.45, 2.75) is 13.8 Å². The van der Waals surface area contributed by atoms with Gasteiger partial charge < -0.3 is 10.5 Å². The zero-order valence-electron chi connectivity index (χ0n) is 10.7. The summed E-state index contributed by atoms with van der Waals surface area (Å²) in [6.07, 6.45) is 0. The summed E-state index contributed by atoms with van der Waals surface area (Å²) in [5, 5.41) is 0. The number of benzene rings is 2. The molecule has 2 aromatic carbocycles. The second-order valence-electron chi connectivity index (χ2n) is 4.35. The summed E-state index contributed by atoms with van der Waals surface area (Å²) >= 11 is 8.45. The molecule has 0 aromatic heterocycles. The highest BCUT2D eigenvalue weighted by molar-refractivity contribution is 9.10. The lowest BCUT2D eigenvalue weighted by Gasteiger charge is -2.10. The molecule has 4 heteroatoms. The summed E-state index contributed by atoms with van der Waals surface area (Å²) < 4.78 is 6.89. The van der Waals surface area contributed by atoms with Crippen molar-refractivity contribution in [1.82, 2.24) is 0 Å². The van der Waals surface area contributed by atoms with Crippen molar-refractivity contribution in [2.75, 3.05) is 0 Å². The van der Waals surface area contributed by atoms with Crippen LogP contribution in [0.1, 0.15) is 16.7 Å². The van der Waals surface area contributed by atoms with Crippen LogP contribution in [0.25, 0.3) is 0 Å². The zero-order valence-corrected chi connectivity index (χ0v) is 13.1. The van der Waals surface area contributed by atoms with Gasteiger partial charge in [-0.1, -0.05) is 28.1 Å². The topological polar surface area (TPSA) is 35.2 Å². The normalized spacial score (nSPS) is 10.3. The largest absolute Gasteiger partial charge is 0.457 e. The highest BCUT2D eigenvalue weighted by atomic mass is 79.9. The smallest absolute Gasteiger partial charge is 0.127 e. The number of ether oxygens (including phenoxy) is 1. The minimum absolute atomic E-state index is 0.406. The molecule has 0 unspecified atom stereocenters.